The molecular weight excluding hydrogens is 272 g/mol. The first kappa shape index (κ1) is 13.1. The number of aliphatic hydroxyl groups is 1. The fourth-order valence-electron chi connectivity index (χ4n) is 6.26. The van der Waals surface area contributed by atoms with Gasteiger partial charge >= 0.3 is 0 Å². The molecule has 2 aromatic rings. The average molecular weight is 297 g/mol. The van der Waals surface area contributed by atoms with Gasteiger partial charge in [-0.3, -0.25) is 0 Å². The van der Waals surface area contributed by atoms with Gasteiger partial charge in [-0.05, 0) is 25.0 Å². The van der Waals surface area contributed by atoms with Gasteiger partial charge in [0.1, 0.15) is 5.60 Å². The molecule has 0 saturated carbocycles. The first-order chi connectivity index (χ1) is 10.6. The lowest BCUT2D eigenvalue weighted by molar-refractivity contribution is -0.965. The first-order valence-corrected chi connectivity index (χ1v) is 8.74. The van der Waals surface area contributed by atoms with Crippen LogP contribution in [0.3, 0.4) is 0 Å². The Kier molecular flexibility index (Phi) is 2.25. The molecule has 3 aliphatic heterocycles. The standard InChI is InChI=1S/C19H25N2O/c1-3-13-12-21-10-8-15-14-6-4-5-7-16(14)20-17(15)18(21,2)19(13,22)9-11-21/h4-7,13,20,22H,3,8-12H2,1-2H3/q+1/t13-,18-,19-,21-/m1/s1. The molecule has 1 aromatic carbocycles. The van der Waals surface area contributed by atoms with Crippen molar-refractivity contribution >= 4 is 10.9 Å². The zero-order valence-corrected chi connectivity index (χ0v) is 13.5. The number of quaternary nitrogens is 1. The minimum Gasteiger partial charge on any atom is -0.382 e. The highest BCUT2D eigenvalue weighted by Crippen LogP contribution is 2.63. The zero-order chi connectivity index (χ0) is 15.2. The van der Waals surface area contributed by atoms with E-state index in [2.05, 4.69) is 43.1 Å². The van der Waals surface area contributed by atoms with Gasteiger partial charge in [0.2, 0.25) is 0 Å². The van der Waals surface area contributed by atoms with Gasteiger partial charge in [-0.15, -0.1) is 0 Å². The van der Waals surface area contributed by atoms with Crippen LogP contribution in [-0.2, 0) is 12.0 Å². The van der Waals surface area contributed by atoms with Crippen molar-refractivity contribution in [3.05, 3.63) is 35.5 Å². The Hall–Kier alpha value is -1.32. The van der Waals surface area contributed by atoms with E-state index in [1.165, 1.54) is 28.7 Å². The van der Waals surface area contributed by atoms with Crippen LogP contribution in [0.25, 0.3) is 10.9 Å². The van der Waals surface area contributed by atoms with Crippen LogP contribution in [-0.4, -0.2) is 39.8 Å². The number of nitrogens with zero attached hydrogens (tertiary/aromatic N) is 1. The lowest BCUT2D eigenvalue weighted by atomic mass is 9.72. The molecule has 0 spiro atoms. The molecule has 22 heavy (non-hydrogen) atoms. The predicted molar refractivity (Wildman–Crippen MR) is 87.6 cm³/mol. The number of aromatic nitrogens is 1. The Morgan fingerprint density at radius 2 is 2.14 bits per heavy atom. The molecule has 2 saturated heterocycles. The topological polar surface area (TPSA) is 36.0 Å². The molecule has 4 heterocycles. The quantitative estimate of drug-likeness (QED) is 0.780. The van der Waals surface area contributed by atoms with E-state index in [0.29, 0.717) is 5.92 Å². The van der Waals surface area contributed by atoms with Crippen LogP contribution >= 0.6 is 0 Å². The summed E-state index contributed by atoms with van der Waals surface area (Å²) in [7, 11) is 0. The van der Waals surface area contributed by atoms with Crippen LogP contribution in [0.1, 0.15) is 37.9 Å². The molecule has 0 unspecified atom stereocenters. The number of H-pyrrole nitrogens is 1. The summed E-state index contributed by atoms with van der Waals surface area (Å²) in [6.07, 6.45) is 3.18. The average Bonchev–Trinajstić information content (AvgIpc) is 3.08. The maximum atomic E-state index is 11.7. The highest BCUT2D eigenvalue weighted by atomic mass is 16.3. The second-order valence-corrected chi connectivity index (χ2v) is 7.90. The van der Waals surface area contributed by atoms with Crippen LogP contribution in [0.5, 0.6) is 0 Å². The highest BCUT2D eigenvalue weighted by molar-refractivity contribution is 5.85. The summed E-state index contributed by atoms with van der Waals surface area (Å²) in [5, 5.41) is 13.0. The van der Waals surface area contributed by atoms with Crippen molar-refractivity contribution in [3.8, 4) is 0 Å². The van der Waals surface area contributed by atoms with Crippen molar-refractivity contribution in [1.82, 2.24) is 4.98 Å². The van der Waals surface area contributed by atoms with E-state index in [1.807, 2.05) is 0 Å². The second-order valence-electron chi connectivity index (χ2n) is 7.90. The van der Waals surface area contributed by atoms with Gasteiger partial charge in [0.15, 0.2) is 5.54 Å². The monoisotopic (exact) mass is 297 g/mol. The number of hydrogen-bond acceptors (Lipinski definition) is 1. The van der Waals surface area contributed by atoms with Gasteiger partial charge in [0, 0.05) is 29.7 Å². The molecule has 116 valence electrons. The van der Waals surface area contributed by atoms with Gasteiger partial charge in [-0.25, -0.2) is 0 Å². The third-order valence-electron chi connectivity index (χ3n) is 7.54. The molecule has 3 aliphatic rings. The van der Waals surface area contributed by atoms with Gasteiger partial charge in [0.25, 0.3) is 0 Å². The van der Waals surface area contributed by atoms with Gasteiger partial charge in [-0.1, -0.05) is 25.1 Å². The van der Waals surface area contributed by atoms with Crippen molar-refractivity contribution < 1.29 is 9.59 Å². The Labute approximate surface area is 131 Å². The largest absolute Gasteiger partial charge is 0.382 e. The summed E-state index contributed by atoms with van der Waals surface area (Å²) in [5.41, 5.74) is 3.33. The van der Waals surface area contributed by atoms with Crippen molar-refractivity contribution in [2.45, 2.75) is 44.2 Å². The van der Waals surface area contributed by atoms with Crippen molar-refractivity contribution in [2.24, 2.45) is 5.92 Å². The van der Waals surface area contributed by atoms with Crippen LogP contribution < -0.4 is 0 Å². The summed E-state index contributed by atoms with van der Waals surface area (Å²) in [4.78, 5) is 3.72. The molecule has 0 amide bonds. The summed E-state index contributed by atoms with van der Waals surface area (Å²) < 4.78 is 1.10. The maximum Gasteiger partial charge on any atom is 0.167 e. The summed E-state index contributed by atoms with van der Waals surface area (Å²) >= 11 is 0. The molecule has 4 atom stereocenters. The molecule has 5 rings (SSSR count). The molecule has 0 aliphatic carbocycles. The fraction of sp³-hybridized carbons (Fsp3) is 0.579. The Bertz CT molecular complexity index is 781. The number of benzene rings is 1. The third-order valence-corrected chi connectivity index (χ3v) is 7.54. The van der Waals surface area contributed by atoms with Crippen molar-refractivity contribution in [3.63, 3.8) is 0 Å². The van der Waals surface area contributed by atoms with Crippen molar-refractivity contribution in [1.29, 1.82) is 0 Å². The molecular formula is C19H25N2O+. The number of fused-ring (bicyclic) bond motifs is 3. The van der Waals surface area contributed by atoms with Gasteiger partial charge in [0.05, 0.1) is 25.3 Å². The Morgan fingerprint density at radius 3 is 2.95 bits per heavy atom. The Balaban J connectivity index is 1.83. The lowest BCUT2D eigenvalue weighted by Gasteiger charge is -2.47. The van der Waals surface area contributed by atoms with E-state index in [1.54, 1.807) is 0 Å². The van der Waals surface area contributed by atoms with Gasteiger partial charge in [-0.2, -0.15) is 0 Å². The minimum absolute atomic E-state index is 0.152. The third kappa shape index (κ3) is 1.14. The molecule has 1 aromatic heterocycles. The van der Waals surface area contributed by atoms with Crippen molar-refractivity contribution in [2.75, 3.05) is 19.6 Å². The molecule has 2 N–H and O–H groups in total. The lowest BCUT2D eigenvalue weighted by Crippen LogP contribution is -2.61. The number of aromatic amines is 1. The number of hydrogen-bond donors (Lipinski definition) is 2. The number of piperidine rings is 1. The first-order valence-electron chi connectivity index (χ1n) is 8.74. The highest BCUT2D eigenvalue weighted by Gasteiger charge is 2.77. The molecule has 0 radical (unpaired) electrons. The van der Waals surface area contributed by atoms with E-state index in [9.17, 15) is 5.11 Å². The number of nitrogens with one attached hydrogen (secondary N) is 1. The van der Waals surface area contributed by atoms with E-state index in [-0.39, 0.29) is 5.54 Å². The van der Waals surface area contributed by atoms with Crippen LogP contribution in [0.4, 0.5) is 0 Å². The van der Waals surface area contributed by atoms with Crippen LogP contribution in [0.15, 0.2) is 24.3 Å². The van der Waals surface area contributed by atoms with E-state index >= 15 is 0 Å². The fourth-order valence-corrected chi connectivity index (χ4v) is 6.26. The SMILES string of the molecule is CC[C@@H]1C[N@+]23CCc4c([nH]c5ccccc45)[C@]2(C)[C@@]1(O)CC3. The number of para-hydroxylation sites is 1. The Morgan fingerprint density at radius 1 is 1.32 bits per heavy atom. The van der Waals surface area contributed by atoms with E-state index in [0.717, 1.165) is 36.8 Å². The summed E-state index contributed by atoms with van der Waals surface area (Å²) in [5.74, 6) is 0.434. The smallest absolute Gasteiger partial charge is 0.167 e. The predicted octanol–water partition coefficient (Wildman–Crippen LogP) is 2.93. The van der Waals surface area contributed by atoms with E-state index in [4.69, 9.17) is 0 Å². The van der Waals surface area contributed by atoms with Crippen LogP contribution in [0.2, 0.25) is 0 Å². The molecule has 2 bridgehead atoms. The number of rotatable bonds is 1. The zero-order valence-electron chi connectivity index (χ0n) is 13.5. The van der Waals surface area contributed by atoms with Gasteiger partial charge < -0.3 is 14.6 Å². The summed E-state index contributed by atoms with van der Waals surface area (Å²) in [6, 6.07) is 8.64. The molecule has 3 heteroatoms. The summed E-state index contributed by atoms with van der Waals surface area (Å²) in [6.45, 7) is 8.05. The molecule has 3 nitrogen and oxygen atoms in total. The van der Waals surface area contributed by atoms with Crippen LogP contribution in [0, 0.1) is 5.92 Å². The van der Waals surface area contributed by atoms with E-state index < -0.39 is 5.60 Å². The second kappa shape index (κ2) is 3.77. The minimum atomic E-state index is -0.544. The molecule has 2 fully saturated rings. The maximum absolute atomic E-state index is 11.7. The normalized spacial score (nSPS) is 42.6.